The molecular formula is C10H16N2O2. The van der Waals surface area contributed by atoms with Gasteiger partial charge in [-0.05, 0) is 20.9 Å². The maximum Gasteiger partial charge on any atom is 0.330 e. The molecule has 0 aromatic carbocycles. The maximum absolute atomic E-state index is 10.5. The highest BCUT2D eigenvalue weighted by atomic mass is 16.4. The molecule has 0 radical (unpaired) electrons. The van der Waals surface area contributed by atoms with Gasteiger partial charge >= 0.3 is 5.97 Å². The molecule has 0 bridgehead atoms. The number of carbonyl (C=O) groups is 1. The molecule has 4 nitrogen and oxygen atoms in total. The number of carboxylic acid groups (broad SMARTS) is 1. The van der Waals surface area contributed by atoms with Crippen LogP contribution in [0.1, 0.15) is 20.3 Å². The molecule has 0 spiro atoms. The number of rotatable bonds is 5. The highest BCUT2D eigenvalue weighted by molar-refractivity contribution is 5.85. The summed E-state index contributed by atoms with van der Waals surface area (Å²) in [6, 6.07) is 2.23. The lowest BCUT2D eigenvalue weighted by atomic mass is 10.2. The molecule has 4 heteroatoms. The van der Waals surface area contributed by atoms with Gasteiger partial charge in [0.2, 0.25) is 0 Å². The Kier molecular flexibility index (Phi) is 5.58. The molecule has 0 aliphatic rings. The van der Waals surface area contributed by atoms with Crippen LogP contribution in [0.15, 0.2) is 11.6 Å². The molecule has 1 unspecified atom stereocenters. The van der Waals surface area contributed by atoms with E-state index in [1.165, 1.54) is 0 Å². The fourth-order valence-corrected chi connectivity index (χ4v) is 0.836. The predicted molar refractivity (Wildman–Crippen MR) is 53.7 cm³/mol. The molecule has 0 aromatic rings. The lowest BCUT2D eigenvalue weighted by Crippen LogP contribution is -2.29. The average molecular weight is 196 g/mol. The predicted octanol–water partition coefficient (Wildman–Crippen LogP) is 1.25. The summed E-state index contributed by atoms with van der Waals surface area (Å²) in [4.78, 5) is 12.4. The van der Waals surface area contributed by atoms with E-state index in [2.05, 4.69) is 6.07 Å². The van der Waals surface area contributed by atoms with Crippen molar-refractivity contribution in [2.75, 3.05) is 13.6 Å². The van der Waals surface area contributed by atoms with Gasteiger partial charge in [0.25, 0.3) is 0 Å². The summed E-state index contributed by atoms with van der Waals surface area (Å²) in [5, 5.41) is 17.1. The van der Waals surface area contributed by atoms with Crippen molar-refractivity contribution in [2.24, 2.45) is 0 Å². The van der Waals surface area contributed by atoms with Crippen LogP contribution < -0.4 is 0 Å². The fraction of sp³-hybridized carbons (Fsp3) is 0.600. The van der Waals surface area contributed by atoms with Crippen molar-refractivity contribution in [3.05, 3.63) is 11.6 Å². The molecule has 1 N–H and O–H groups in total. The van der Waals surface area contributed by atoms with Crippen LogP contribution in [0.2, 0.25) is 0 Å². The minimum absolute atomic E-state index is 0.151. The van der Waals surface area contributed by atoms with E-state index >= 15 is 0 Å². The van der Waals surface area contributed by atoms with Crippen LogP contribution in [0.3, 0.4) is 0 Å². The molecule has 78 valence electrons. The Hall–Kier alpha value is -1.34. The third-order valence-electron chi connectivity index (χ3n) is 2.16. The molecule has 0 saturated heterocycles. The summed E-state index contributed by atoms with van der Waals surface area (Å²) in [7, 11) is 1.87. The van der Waals surface area contributed by atoms with Gasteiger partial charge in [-0.25, -0.2) is 4.79 Å². The van der Waals surface area contributed by atoms with E-state index in [0.29, 0.717) is 18.5 Å². The minimum Gasteiger partial charge on any atom is -0.478 e. The van der Waals surface area contributed by atoms with E-state index in [1.807, 2.05) is 18.9 Å². The molecule has 1 atom stereocenters. The van der Waals surface area contributed by atoms with Gasteiger partial charge in [0.05, 0.1) is 12.5 Å². The molecule has 14 heavy (non-hydrogen) atoms. The van der Waals surface area contributed by atoms with E-state index < -0.39 is 5.97 Å². The van der Waals surface area contributed by atoms with Gasteiger partial charge < -0.3 is 5.11 Å². The van der Waals surface area contributed by atoms with Gasteiger partial charge in [0.1, 0.15) is 0 Å². The normalized spacial score (nSPS) is 13.8. The third kappa shape index (κ3) is 4.63. The smallest absolute Gasteiger partial charge is 0.330 e. The van der Waals surface area contributed by atoms with Gasteiger partial charge in [-0.15, -0.1) is 0 Å². The number of likely N-dealkylation sites (N-methyl/N-ethyl adjacent to an activating group) is 1. The van der Waals surface area contributed by atoms with Crippen LogP contribution >= 0.6 is 0 Å². The highest BCUT2D eigenvalue weighted by Crippen LogP contribution is 2.01. The van der Waals surface area contributed by atoms with Crippen molar-refractivity contribution in [3.63, 3.8) is 0 Å². The van der Waals surface area contributed by atoms with Crippen LogP contribution in [-0.4, -0.2) is 35.6 Å². The fourth-order valence-electron chi connectivity index (χ4n) is 0.836. The van der Waals surface area contributed by atoms with E-state index in [4.69, 9.17) is 10.4 Å². The first-order chi connectivity index (χ1) is 6.49. The maximum atomic E-state index is 10.5. The summed E-state index contributed by atoms with van der Waals surface area (Å²) in [6.45, 7) is 4.05. The Bertz CT molecular complexity index is 266. The van der Waals surface area contributed by atoms with Crippen molar-refractivity contribution < 1.29 is 9.90 Å². The Morgan fingerprint density at radius 1 is 1.71 bits per heavy atom. The second kappa shape index (κ2) is 6.17. The first kappa shape index (κ1) is 12.7. The number of hydrogen-bond acceptors (Lipinski definition) is 3. The zero-order chi connectivity index (χ0) is 11.1. The summed E-state index contributed by atoms with van der Waals surface area (Å²) < 4.78 is 0. The minimum atomic E-state index is -0.897. The number of nitriles is 1. The van der Waals surface area contributed by atoms with Crippen molar-refractivity contribution in [1.82, 2.24) is 4.90 Å². The average Bonchev–Trinajstić information content (AvgIpc) is 2.13. The summed E-state index contributed by atoms with van der Waals surface area (Å²) in [6.07, 6.45) is 2.10. The van der Waals surface area contributed by atoms with Crippen LogP contribution in [0, 0.1) is 11.3 Å². The Morgan fingerprint density at radius 3 is 2.71 bits per heavy atom. The van der Waals surface area contributed by atoms with Crippen molar-refractivity contribution in [3.8, 4) is 6.07 Å². The Labute approximate surface area is 84.4 Å². The quantitative estimate of drug-likeness (QED) is 0.672. The van der Waals surface area contributed by atoms with Crippen LogP contribution in [-0.2, 0) is 4.79 Å². The first-order valence-corrected chi connectivity index (χ1v) is 4.46. The summed E-state index contributed by atoms with van der Waals surface area (Å²) >= 11 is 0. The van der Waals surface area contributed by atoms with E-state index in [9.17, 15) is 4.79 Å². The number of carboxylic acids is 1. The van der Waals surface area contributed by atoms with E-state index in [-0.39, 0.29) is 6.04 Å². The molecule has 0 aromatic heterocycles. The van der Waals surface area contributed by atoms with E-state index in [1.54, 1.807) is 13.0 Å². The molecule has 0 amide bonds. The molecular weight excluding hydrogens is 180 g/mol. The number of aliphatic carboxylic acids is 1. The van der Waals surface area contributed by atoms with Gasteiger partial charge in [-0.3, -0.25) is 4.90 Å². The zero-order valence-electron chi connectivity index (χ0n) is 8.82. The molecule has 0 fully saturated rings. The standard InChI is InChI=1S/C10H16N2O2/c1-8(10(13)14)5-7-12(3)9(2)4-6-11/h5,9H,4,7H2,1-3H3,(H,13,14). The van der Waals surface area contributed by atoms with Crippen LogP contribution in [0.5, 0.6) is 0 Å². The summed E-state index contributed by atoms with van der Waals surface area (Å²) in [5.41, 5.74) is 0.334. The lowest BCUT2D eigenvalue weighted by Gasteiger charge is -2.20. The van der Waals surface area contributed by atoms with Crippen molar-refractivity contribution in [2.45, 2.75) is 26.3 Å². The third-order valence-corrected chi connectivity index (χ3v) is 2.16. The van der Waals surface area contributed by atoms with Gasteiger partial charge in [0, 0.05) is 18.2 Å². The first-order valence-electron chi connectivity index (χ1n) is 4.46. The van der Waals surface area contributed by atoms with Gasteiger partial charge in [-0.1, -0.05) is 6.08 Å². The number of nitrogens with zero attached hydrogens (tertiary/aromatic N) is 2. The monoisotopic (exact) mass is 196 g/mol. The van der Waals surface area contributed by atoms with Gasteiger partial charge in [0.15, 0.2) is 0 Å². The molecule has 0 saturated carbocycles. The van der Waals surface area contributed by atoms with Gasteiger partial charge in [-0.2, -0.15) is 5.26 Å². The van der Waals surface area contributed by atoms with Crippen LogP contribution in [0.25, 0.3) is 0 Å². The molecule has 0 heterocycles. The Balaban J connectivity index is 4.08. The SMILES string of the molecule is CC(=CCN(C)C(C)CC#N)C(=O)O. The van der Waals surface area contributed by atoms with Crippen molar-refractivity contribution >= 4 is 5.97 Å². The van der Waals surface area contributed by atoms with Crippen LogP contribution in [0.4, 0.5) is 0 Å². The lowest BCUT2D eigenvalue weighted by molar-refractivity contribution is -0.132. The summed E-state index contributed by atoms with van der Waals surface area (Å²) in [5.74, 6) is -0.897. The molecule has 0 rings (SSSR count). The van der Waals surface area contributed by atoms with E-state index in [0.717, 1.165) is 0 Å². The van der Waals surface area contributed by atoms with Crippen molar-refractivity contribution in [1.29, 1.82) is 5.26 Å². The second-order valence-electron chi connectivity index (χ2n) is 3.34. The second-order valence-corrected chi connectivity index (χ2v) is 3.34. The molecule has 0 aliphatic carbocycles. The molecule has 0 aliphatic heterocycles. The largest absolute Gasteiger partial charge is 0.478 e. The topological polar surface area (TPSA) is 64.3 Å². The number of hydrogen-bond donors (Lipinski definition) is 1. The highest BCUT2D eigenvalue weighted by Gasteiger charge is 2.07. The Morgan fingerprint density at radius 2 is 2.29 bits per heavy atom. The zero-order valence-corrected chi connectivity index (χ0v) is 8.82.